The van der Waals surface area contributed by atoms with Crippen LogP contribution in [-0.2, 0) is 0 Å². The van der Waals surface area contributed by atoms with Crippen LogP contribution >= 0.6 is 12.2 Å². The SMILES string of the molecule is CC(NC(=O)c1ccccc1NC(=S)NC(=O)c1ccco1)c1ccccc1. The molecule has 7 heteroatoms. The molecule has 3 N–H and O–H groups in total. The van der Waals surface area contributed by atoms with Crippen molar-refractivity contribution in [3.8, 4) is 0 Å². The van der Waals surface area contributed by atoms with Crippen molar-refractivity contribution in [1.82, 2.24) is 10.6 Å². The lowest BCUT2D eigenvalue weighted by Crippen LogP contribution is -2.35. The molecule has 142 valence electrons. The number of carbonyl (C=O) groups is 2. The van der Waals surface area contributed by atoms with E-state index in [1.54, 1.807) is 30.3 Å². The molecule has 1 unspecified atom stereocenters. The van der Waals surface area contributed by atoms with Crippen LogP contribution < -0.4 is 16.0 Å². The van der Waals surface area contributed by atoms with E-state index >= 15 is 0 Å². The Hall–Kier alpha value is -3.45. The fraction of sp³-hybridized carbons (Fsp3) is 0.0952. The molecular weight excluding hydrogens is 374 g/mol. The Bertz CT molecular complexity index is 972. The molecule has 3 aromatic rings. The molecule has 0 radical (unpaired) electrons. The number of hydrogen-bond donors (Lipinski definition) is 3. The number of benzene rings is 2. The zero-order chi connectivity index (χ0) is 19.9. The fourth-order valence-electron chi connectivity index (χ4n) is 2.62. The standard InChI is InChI=1S/C21H19N3O3S/c1-14(15-8-3-2-4-9-15)22-19(25)16-10-5-6-11-17(16)23-21(28)24-20(26)18-12-7-13-27-18/h2-14H,1H3,(H,22,25)(H2,23,24,26,28). The van der Waals surface area contributed by atoms with Crippen LogP contribution in [0.3, 0.4) is 0 Å². The van der Waals surface area contributed by atoms with Gasteiger partial charge in [-0.15, -0.1) is 0 Å². The molecule has 2 amide bonds. The Balaban J connectivity index is 1.67. The number of para-hydroxylation sites is 1. The van der Waals surface area contributed by atoms with Crippen LogP contribution in [0.4, 0.5) is 5.69 Å². The Kier molecular flexibility index (Phi) is 6.18. The maximum Gasteiger partial charge on any atom is 0.293 e. The fourth-order valence-corrected chi connectivity index (χ4v) is 2.82. The second-order valence-electron chi connectivity index (χ2n) is 6.04. The minimum atomic E-state index is -0.470. The summed E-state index contributed by atoms with van der Waals surface area (Å²) in [5, 5.41) is 8.45. The normalized spacial score (nSPS) is 11.3. The van der Waals surface area contributed by atoms with Gasteiger partial charge in [0.25, 0.3) is 11.8 Å². The maximum absolute atomic E-state index is 12.7. The highest BCUT2D eigenvalue weighted by atomic mass is 32.1. The molecule has 0 aliphatic rings. The van der Waals surface area contributed by atoms with Crippen molar-refractivity contribution in [3.05, 3.63) is 89.9 Å². The Morgan fingerprint density at radius 1 is 0.929 bits per heavy atom. The summed E-state index contributed by atoms with van der Waals surface area (Å²) in [4.78, 5) is 24.8. The Morgan fingerprint density at radius 2 is 1.64 bits per heavy atom. The minimum absolute atomic E-state index is 0.0674. The lowest BCUT2D eigenvalue weighted by Gasteiger charge is -2.17. The number of nitrogens with one attached hydrogen (secondary N) is 3. The summed E-state index contributed by atoms with van der Waals surface area (Å²) in [5.41, 5.74) is 1.91. The first-order valence-corrected chi connectivity index (χ1v) is 9.06. The summed E-state index contributed by atoms with van der Waals surface area (Å²) in [6.07, 6.45) is 1.40. The maximum atomic E-state index is 12.7. The predicted octanol–water partition coefficient (Wildman–Crippen LogP) is 3.90. The number of amides is 2. The number of carbonyl (C=O) groups excluding carboxylic acids is 2. The van der Waals surface area contributed by atoms with Crippen molar-refractivity contribution in [3.63, 3.8) is 0 Å². The van der Waals surface area contributed by atoms with Gasteiger partial charge >= 0.3 is 0 Å². The number of anilines is 1. The summed E-state index contributed by atoms with van der Waals surface area (Å²) in [7, 11) is 0. The molecule has 0 bridgehead atoms. The minimum Gasteiger partial charge on any atom is -0.459 e. The van der Waals surface area contributed by atoms with Crippen LogP contribution in [-0.4, -0.2) is 16.9 Å². The first-order valence-electron chi connectivity index (χ1n) is 8.65. The van der Waals surface area contributed by atoms with E-state index in [0.29, 0.717) is 11.3 Å². The predicted molar refractivity (Wildman–Crippen MR) is 111 cm³/mol. The summed E-state index contributed by atoms with van der Waals surface area (Å²) in [6.45, 7) is 1.91. The molecule has 6 nitrogen and oxygen atoms in total. The van der Waals surface area contributed by atoms with Crippen molar-refractivity contribution in [2.45, 2.75) is 13.0 Å². The molecule has 0 aliphatic carbocycles. The first-order chi connectivity index (χ1) is 13.5. The molecular formula is C21H19N3O3S. The van der Waals surface area contributed by atoms with E-state index in [9.17, 15) is 9.59 Å². The van der Waals surface area contributed by atoms with Crippen molar-refractivity contribution in [2.24, 2.45) is 0 Å². The van der Waals surface area contributed by atoms with Gasteiger partial charge < -0.3 is 15.1 Å². The van der Waals surface area contributed by atoms with Crippen LogP contribution in [0.15, 0.2) is 77.4 Å². The summed E-state index contributed by atoms with van der Waals surface area (Å²) in [6, 6.07) is 19.6. The quantitative estimate of drug-likeness (QED) is 0.573. The summed E-state index contributed by atoms with van der Waals surface area (Å²) < 4.78 is 5.03. The molecule has 2 aromatic carbocycles. The molecule has 1 aromatic heterocycles. The van der Waals surface area contributed by atoms with Gasteiger partial charge in [0.15, 0.2) is 10.9 Å². The van der Waals surface area contributed by atoms with Crippen molar-refractivity contribution < 1.29 is 14.0 Å². The van der Waals surface area contributed by atoms with Crippen molar-refractivity contribution >= 4 is 34.8 Å². The number of hydrogen-bond acceptors (Lipinski definition) is 4. The monoisotopic (exact) mass is 393 g/mol. The molecule has 0 saturated heterocycles. The number of furan rings is 1. The molecule has 1 heterocycles. The van der Waals surface area contributed by atoms with Gasteiger partial charge in [0.05, 0.1) is 23.6 Å². The lowest BCUT2D eigenvalue weighted by atomic mass is 10.1. The van der Waals surface area contributed by atoms with Gasteiger partial charge in [-0.3, -0.25) is 14.9 Å². The first kappa shape index (κ1) is 19.3. The van der Waals surface area contributed by atoms with Crippen LogP contribution in [0.25, 0.3) is 0 Å². The van der Waals surface area contributed by atoms with Gasteiger partial charge in [-0.2, -0.15) is 0 Å². The summed E-state index contributed by atoms with van der Waals surface area (Å²) in [5.74, 6) is -0.575. The van der Waals surface area contributed by atoms with Crippen molar-refractivity contribution in [1.29, 1.82) is 0 Å². The molecule has 0 fully saturated rings. The van der Waals surface area contributed by atoms with Crippen molar-refractivity contribution in [2.75, 3.05) is 5.32 Å². The van der Waals surface area contributed by atoms with Gasteiger partial charge in [-0.05, 0) is 49.0 Å². The average molecular weight is 393 g/mol. The average Bonchev–Trinajstić information content (AvgIpc) is 3.24. The lowest BCUT2D eigenvalue weighted by molar-refractivity contribution is 0.0937. The zero-order valence-corrected chi connectivity index (χ0v) is 16.0. The Labute approximate surface area is 167 Å². The van der Waals surface area contributed by atoms with Crippen LogP contribution in [0.1, 0.15) is 39.4 Å². The van der Waals surface area contributed by atoms with Crippen LogP contribution in [0.5, 0.6) is 0 Å². The third kappa shape index (κ3) is 4.83. The van der Waals surface area contributed by atoms with Gasteiger partial charge in [-0.25, -0.2) is 0 Å². The van der Waals surface area contributed by atoms with E-state index in [-0.39, 0.29) is 22.8 Å². The number of thiocarbonyl (C=S) groups is 1. The third-order valence-electron chi connectivity index (χ3n) is 4.04. The third-order valence-corrected chi connectivity index (χ3v) is 4.24. The Morgan fingerprint density at radius 3 is 2.36 bits per heavy atom. The van der Waals surface area contributed by atoms with Gasteiger partial charge in [0, 0.05) is 0 Å². The molecule has 0 aliphatic heterocycles. The van der Waals surface area contributed by atoms with E-state index in [0.717, 1.165) is 5.56 Å². The van der Waals surface area contributed by atoms with Gasteiger partial charge in [-0.1, -0.05) is 42.5 Å². The largest absolute Gasteiger partial charge is 0.459 e. The highest BCUT2D eigenvalue weighted by Gasteiger charge is 2.16. The molecule has 1 atom stereocenters. The van der Waals surface area contributed by atoms with Gasteiger partial charge in [0.1, 0.15) is 0 Å². The zero-order valence-electron chi connectivity index (χ0n) is 15.1. The summed E-state index contributed by atoms with van der Waals surface area (Å²) >= 11 is 5.18. The smallest absolute Gasteiger partial charge is 0.293 e. The molecule has 3 rings (SSSR count). The molecule has 0 saturated carbocycles. The second-order valence-corrected chi connectivity index (χ2v) is 6.45. The second kappa shape index (κ2) is 8.96. The molecule has 0 spiro atoms. The highest BCUT2D eigenvalue weighted by Crippen LogP contribution is 2.18. The van der Waals surface area contributed by atoms with Crippen LogP contribution in [0, 0.1) is 0 Å². The topological polar surface area (TPSA) is 83.4 Å². The number of rotatable bonds is 5. The van der Waals surface area contributed by atoms with E-state index in [2.05, 4.69) is 16.0 Å². The molecule has 28 heavy (non-hydrogen) atoms. The van der Waals surface area contributed by atoms with E-state index < -0.39 is 5.91 Å². The van der Waals surface area contributed by atoms with E-state index in [4.69, 9.17) is 16.6 Å². The van der Waals surface area contributed by atoms with E-state index in [1.165, 1.54) is 12.3 Å². The van der Waals surface area contributed by atoms with Crippen LogP contribution in [0.2, 0.25) is 0 Å². The van der Waals surface area contributed by atoms with Gasteiger partial charge in [0.2, 0.25) is 0 Å². The highest BCUT2D eigenvalue weighted by molar-refractivity contribution is 7.80. The van der Waals surface area contributed by atoms with E-state index in [1.807, 2.05) is 37.3 Å².